The summed E-state index contributed by atoms with van der Waals surface area (Å²) in [6.45, 7) is 6.59. The third kappa shape index (κ3) is 2.52. The van der Waals surface area contributed by atoms with Gasteiger partial charge in [-0.1, -0.05) is 29.3 Å². The molecule has 2 heteroatoms. The normalized spacial score (nSPS) is 19.2. The Morgan fingerprint density at radius 2 is 1.82 bits per heavy atom. The quantitative estimate of drug-likeness (QED) is 0.848. The van der Waals surface area contributed by atoms with Crippen molar-refractivity contribution < 1.29 is 9.84 Å². The van der Waals surface area contributed by atoms with Crippen molar-refractivity contribution in [1.82, 2.24) is 0 Å². The van der Waals surface area contributed by atoms with Crippen molar-refractivity contribution in [2.75, 3.05) is 6.61 Å². The molecule has 1 heterocycles. The van der Waals surface area contributed by atoms with Gasteiger partial charge in [0.25, 0.3) is 0 Å². The van der Waals surface area contributed by atoms with Gasteiger partial charge >= 0.3 is 0 Å². The fourth-order valence-electron chi connectivity index (χ4n) is 2.29. The smallest absolute Gasteiger partial charge is 0.143 e. The topological polar surface area (TPSA) is 29.5 Å². The van der Waals surface area contributed by atoms with Gasteiger partial charge in [-0.3, -0.25) is 0 Å². The van der Waals surface area contributed by atoms with Crippen LogP contribution >= 0.6 is 0 Å². The molecule has 2 nitrogen and oxygen atoms in total. The molecule has 0 spiro atoms. The van der Waals surface area contributed by atoms with Crippen LogP contribution in [-0.2, 0) is 10.3 Å². The monoisotopic (exact) mass is 232 g/mol. The Kier molecular flexibility index (Phi) is 3.25. The maximum Gasteiger partial charge on any atom is 0.143 e. The lowest BCUT2D eigenvalue weighted by atomic mass is 9.90. The Morgan fingerprint density at radius 3 is 2.35 bits per heavy atom. The van der Waals surface area contributed by atoms with Gasteiger partial charge in [0.05, 0.1) is 6.61 Å². The molecule has 0 fully saturated rings. The van der Waals surface area contributed by atoms with E-state index < -0.39 is 5.60 Å². The lowest BCUT2D eigenvalue weighted by Gasteiger charge is -2.29. The predicted molar refractivity (Wildman–Crippen MR) is 68.8 cm³/mol. The molecule has 1 aromatic carbocycles. The van der Waals surface area contributed by atoms with Crippen LogP contribution in [0.3, 0.4) is 0 Å². The molecule has 0 radical (unpaired) electrons. The van der Waals surface area contributed by atoms with Crippen molar-refractivity contribution in [1.29, 1.82) is 0 Å². The molecule has 2 rings (SSSR count). The molecule has 0 aromatic heterocycles. The summed E-state index contributed by atoms with van der Waals surface area (Å²) in [6, 6.07) is 6.15. The zero-order valence-corrected chi connectivity index (χ0v) is 10.8. The standard InChI is InChI=1S/C15H20O2/c1-11-8-12(2)10-13(9-11)15(3,16)14-6-4-5-7-17-14/h6,8-10,16H,4-5,7H2,1-3H3. The first-order chi connectivity index (χ1) is 8.00. The number of hydrogen-bond donors (Lipinski definition) is 1. The van der Waals surface area contributed by atoms with E-state index in [4.69, 9.17) is 4.74 Å². The van der Waals surface area contributed by atoms with Crippen LogP contribution in [0.2, 0.25) is 0 Å². The van der Waals surface area contributed by atoms with Crippen molar-refractivity contribution in [2.45, 2.75) is 39.2 Å². The summed E-state index contributed by atoms with van der Waals surface area (Å²) in [5.41, 5.74) is 2.22. The maximum atomic E-state index is 10.7. The first-order valence-electron chi connectivity index (χ1n) is 6.15. The largest absolute Gasteiger partial charge is 0.495 e. The summed E-state index contributed by atoms with van der Waals surface area (Å²) in [5, 5.41) is 10.7. The van der Waals surface area contributed by atoms with Gasteiger partial charge in [-0.05, 0) is 45.3 Å². The van der Waals surface area contributed by atoms with Crippen molar-refractivity contribution in [2.24, 2.45) is 0 Å². The second-order valence-corrected chi connectivity index (χ2v) is 5.01. The highest BCUT2D eigenvalue weighted by molar-refractivity contribution is 5.36. The molecule has 0 saturated heterocycles. The fourth-order valence-corrected chi connectivity index (χ4v) is 2.29. The van der Waals surface area contributed by atoms with E-state index >= 15 is 0 Å². The maximum absolute atomic E-state index is 10.7. The van der Waals surface area contributed by atoms with E-state index in [9.17, 15) is 5.11 Å². The van der Waals surface area contributed by atoms with E-state index in [2.05, 4.69) is 6.07 Å². The van der Waals surface area contributed by atoms with Crippen LogP contribution in [0.25, 0.3) is 0 Å². The SMILES string of the molecule is Cc1cc(C)cc(C(C)(O)C2=CCCCO2)c1. The van der Waals surface area contributed by atoms with E-state index in [0.717, 1.165) is 29.5 Å². The lowest BCUT2D eigenvalue weighted by molar-refractivity contribution is 0.0149. The summed E-state index contributed by atoms with van der Waals surface area (Å²) in [5.74, 6) is 0.689. The summed E-state index contributed by atoms with van der Waals surface area (Å²) in [6.07, 6.45) is 4.02. The minimum Gasteiger partial charge on any atom is -0.495 e. The molecule has 1 atom stereocenters. The Labute approximate surface area is 103 Å². The highest BCUT2D eigenvalue weighted by Gasteiger charge is 2.31. The minimum atomic E-state index is -1.02. The molecule has 0 bridgehead atoms. The molecule has 1 aliphatic rings. The Bertz CT molecular complexity index is 424. The zero-order valence-electron chi connectivity index (χ0n) is 10.8. The summed E-state index contributed by atoms with van der Waals surface area (Å²) < 4.78 is 5.59. The number of aryl methyl sites for hydroxylation is 2. The summed E-state index contributed by atoms with van der Waals surface area (Å²) in [4.78, 5) is 0. The highest BCUT2D eigenvalue weighted by Crippen LogP contribution is 2.33. The molecule has 0 amide bonds. The number of benzene rings is 1. The van der Waals surface area contributed by atoms with Gasteiger partial charge in [0.1, 0.15) is 11.4 Å². The summed E-state index contributed by atoms with van der Waals surface area (Å²) >= 11 is 0. The molecular weight excluding hydrogens is 212 g/mol. The van der Waals surface area contributed by atoms with Gasteiger partial charge in [-0.2, -0.15) is 0 Å². The Balaban J connectivity index is 2.39. The second kappa shape index (κ2) is 4.53. The van der Waals surface area contributed by atoms with Crippen LogP contribution < -0.4 is 0 Å². The number of ether oxygens (including phenoxy) is 1. The van der Waals surface area contributed by atoms with Gasteiger partial charge in [0.2, 0.25) is 0 Å². The van der Waals surface area contributed by atoms with Crippen LogP contribution in [0, 0.1) is 13.8 Å². The second-order valence-electron chi connectivity index (χ2n) is 5.01. The molecule has 0 saturated carbocycles. The Morgan fingerprint density at radius 1 is 1.18 bits per heavy atom. The van der Waals surface area contributed by atoms with Crippen molar-refractivity contribution in [3.05, 3.63) is 46.7 Å². The first kappa shape index (κ1) is 12.2. The summed E-state index contributed by atoms with van der Waals surface area (Å²) in [7, 11) is 0. The Hall–Kier alpha value is -1.28. The molecule has 1 unspecified atom stereocenters. The average Bonchev–Trinajstić information content (AvgIpc) is 2.29. The molecule has 1 aliphatic heterocycles. The lowest BCUT2D eigenvalue weighted by Crippen LogP contribution is -2.27. The van der Waals surface area contributed by atoms with Crippen LogP contribution in [-0.4, -0.2) is 11.7 Å². The fraction of sp³-hybridized carbons (Fsp3) is 0.467. The van der Waals surface area contributed by atoms with Crippen molar-refractivity contribution >= 4 is 0 Å². The van der Waals surface area contributed by atoms with Crippen molar-refractivity contribution in [3.63, 3.8) is 0 Å². The molecule has 1 N–H and O–H groups in total. The van der Waals surface area contributed by atoms with Gasteiger partial charge in [-0.25, -0.2) is 0 Å². The first-order valence-corrected chi connectivity index (χ1v) is 6.15. The van der Waals surface area contributed by atoms with Gasteiger partial charge in [0.15, 0.2) is 0 Å². The van der Waals surface area contributed by atoms with Gasteiger partial charge in [0, 0.05) is 0 Å². The number of rotatable bonds is 2. The van der Waals surface area contributed by atoms with Crippen LogP contribution in [0.4, 0.5) is 0 Å². The van der Waals surface area contributed by atoms with E-state index in [0.29, 0.717) is 12.4 Å². The van der Waals surface area contributed by atoms with Gasteiger partial charge < -0.3 is 9.84 Å². The van der Waals surface area contributed by atoms with Crippen LogP contribution in [0.15, 0.2) is 30.0 Å². The van der Waals surface area contributed by atoms with Crippen molar-refractivity contribution in [3.8, 4) is 0 Å². The molecule has 92 valence electrons. The number of allylic oxidation sites excluding steroid dienone is 1. The minimum absolute atomic E-state index is 0.689. The van der Waals surface area contributed by atoms with E-state index in [1.807, 2.05) is 32.1 Å². The van der Waals surface area contributed by atoms with E-state index in [1.165, 1.54) is 0 Å². The van der Waals surface area contributed by atoms with E-state index in [1.54, 1.807) is 6.92 Å². The number of hydrogen-bond acceptors (Lipinski definition) is 2. The molecule has 0 aliphatic carbocycles. The molecular formula is C15H20O2. The van der Waals surface area contributed by atoms with Gasteiger partial charge in [-0.15, -0.1) is 0 Å². The molecule has 1 aromatic rings. The van der Waals surface area contributed by atoms with E-state index in [-0.39, 0.29) is 0 Å². The third-order valence-corrected chi connectivity index (χ3v) is 3.20. The number of aliphatic hydroxyl groups is 1. The van der Waals surface area contributed by atoms with Crippen LogP contribution in [0.5, 0.6) is 0 Å². The average molecular weight is 232 g/mol. The van der Waals surface area contributed by atoms with Crippen LogP contribution in [0.1, 0.15) is 36.5 Å². The molecule has 17 heavy (non-hydrogen) atoms. The highest BCUT2D eigenvalue weighted by atomic mass is 16.5. The zero-order chi connectivity index (χ0) is 12.5. The third-order valence-electron chi connectivity index (χ3n) is 3.20. The predicted octanol–water partition coefficient (Wildman–Crippen LogP) is 3.21.